The lowest BCUT2D eigenvalue weighted by Gasteiger charge is -2.34. The monoisotopic (exact) mass is 742 g/mol. The minimum absolute atomic E-state index is 0.162. The first-order chi connectivity index (χ1) is 25.8. The number of nitrogens with zero attached hydrogens (tertiary/aromatic N) is 2. The van der Waals surface area contributed by atoms with Gasteiger partial charge in [-0.2, -0.15) is 13.2 Å². The van der Waals surface area contributed by atoms with Gasteiger partial charge in [0.2, 0.25) is 11.8 Å². The maximum atomic E-state index is 14.1. The van der Waals surface area contributed by atoms with Gasteiger partial charge in [-0.25, -0.2) is 4.98 Å². The summed E-state index contributed by atoms with van der Waals surface area (Å²) in [5, 5.41) is 11.0. The van der Waals surface area contributed by atoms with E-state index in [2.05, 4.69) is 37.2 Å². The molecule has 1 aromatic heterocycles. The molecule has 2 fully saturated rings. The number of pyridine rings is 1. The number of aryl methyl sites for hydroxylation is 1. The Morgan fingerprint density at radius 3 is 2.37 bits per heavy atom. The van der Waals surface area contributed by atoms with E-state index in [0.29, 0.717) is 30.8 Å². The van der Waals surface area contributed by atoms with Crippen molar-refractivity contribution >= 4 is 40.6 Å². The average molecular weight is 743 g/mol. The Hall–Kier alpha value is -5.43. The Labute approximate surface area is 312 Å². The van der Waals surface area contributed by atoms with Crippen molar-refractivity contribution in [3.8, 4) is 5.75 Å². The Bertz CT molecular complexity index is 2030. The Morgan fingerprint density at radius 1 is 0.944 bits per heavy atom. The van der Waals surface area contributed by atoms with Gasteiger partial charge in [0.05, 0.1) is 40.2 Å². The van der Waals surface area contributed by atoms with Gasteiger partial charge in [0.15, 0.2) is 0 Å². The number of anilines is 4. The molecule has 2 aliphatic heterocycles. The van der Waals surface area contributed by atoms with E-state index in [1.165, 1.54) is 19.2 Å². The van der Waals surface area contributed by atoms with Crippen molar-refractivity contribution < 1.29 is 32.3 Å². The highest BCUT2D eigenvalue weighted by atomic mass is 19.4. The summed E-state index contributed by atoms with van der Waals surface area (Å²) in [6.07, 6.45) is -1.45. The maximum absolute atomic E-state index is 14.1. The van der Waals surface area contributed by atoms with Gasteiger partial charge in [0.1, 0.15) is 11.6 Å². The van der Waals surface area contributed by atoms with Gasteiger partial charge in [-0.3, -0.25) is 24.6 Å². The van der Waals surface area contributed by atoms with Crippen LogP contribution in [-0.4, -0.2) is 53.8 Å². The topological polar surface area (TPSA) is 125 Å². The first-order valence-corrected chi connectivity index (χ1v) is 18.2. The molecule has 1 atom stereocenters. The molecule has 13 heteroatoms. The zero-order valence-electron chi connectivity index (χ0n) is 30.8. The molecule has 0 bridgehead atoms. The zero-order valence-corrected chi connectivity index (χ0v) is 30.8. The summed E-state index contributed by atoms with van der Waals surface area (Å²) in [6.45, 7) is 8.25. The number of amides is 3. The number of carbonyl (C=O) groups excluding carboxylic acids is 3. The fourth-order valence-corrected chi connectivity index (χ4v) is 7.31. The van der Waals surface area contributed by atoms with Crippen molar-refractivity contribution in [1.29, 1.82) is 0 Å². The minimum Gasteiger partial charge on any atom is -0.489 e. The molecule has 0 spiro atoms. The van der Waals surface area contributed by atoms with Crippen LogP contribution in [-0.2, 0) is 22.3 Å². The van der Waals surface area contributed by atoms with Crippen LogP contribution < -0.4 is 26.0 Å². The van der Waals surface area contributed by atoms with Crippen LogP contribution in [0.1, 0.15) is 89.5 Å². The second-order valence-corrected chi connectivity index (χ2v) is 14.1. The van der Waals surface area contributed by atoms with Crippen LogP contribution in [0.2, 0.25) is 0 Å². The number of likely N-dealkylation sites (tertiary alicyclic amines) is 1. The molecule has 54 heavy (non-hydrogen) atoms. The van der Waals surface area contributed by atoms with Crippen molar-refractivity contribution in [2.45, 2.75) is 77.1 Å². The van der Waals surface area contributed by atoms with E-state index < -0.39 is 17.6 Å². The number of ether oxygens (including phenoxy) is 1. The van der Waals surface area contributed by atoms with Crippen LogP contribution in [0.25, 0.3) is 0 Å². The van der Waals surface area contributed by atoms with Gasteiger partial charge in [-0.05, 0) is 106 Å². The smallest absolute Gasteiger partial charge is 0.419 e. The predicted octanol–water partition coefficient (Wildman–Crippen LogP) is 7.94. The van der Waals surface area contributed by atoms with Crippen LogP contribution >= 0.6 is 0 Å². The van der Waals surface area contributed by atoms with Crippen LogP contribution in [0.5, 0.6) is 5.75 Å². The van der Waals surface area contributed by atoms with E-state index in [9.17, 15) is 27.6 Å². The molecule has 4 N–H and O–H groups in total. The van der Waals surface area contributed by atoms with E-state index in [1.807, 2.05) is 51.1 Å². The van der Waals surface area contributed by atoms with E-state index in [-0.39, 0.29) is 52.5 Å². The summed E-state index contributed by atoms with van der Waals surface area (Å²) in [4.78, 5) is 43.4. The van der Waals surface area contributed by atoms with Gasteiger partial charge in [0.25, 0.3) is 5.91 Å². The number of piperidine rings is 2. The number of hydrogen-bond acceptors (Lipinski definition) is 8. The van der Waals surface area contributed by atoms with Gasteiger partial charge in [-0.1, -0.05) is 36.4 Å². The molecule has 1 unspecified atom stereocenters. The number of halogens is 3. The quantitative estimate of drug-likeness (QED) is 0.114. The number of benzene rings is 3. The minimum atomic E-state index is -4.70. The van der Waals surface area contributed by atoms with Crippen molar-refractivity contribution in [2.75, 3.05) is 30.8 Å². The van der Waals surface area contributed by atoms with Gasteiger partial charge in [-0.15, -0.1) is 0 Å². The van der Waals surface area contributed by atoms with E-state index in [1.54, 1.807) is 18.2 Å². The first-order valence-electron chi connectivity index (χ1n) is 18.2. The molecule has 0 radical (unpaired) electrons. The lowest BCUT2D eigenvalue weighted by Crippen LogP contribution is -2.40. The molecule has 284 valence electrons. The summed E-state index contributed by atoms with van der Waals surface area (Å²) < 4.78 is 48.7. The number of para-hydroxylation sites is 1. The summed E-state index contributed by atoms with van der Waals surface area (Å²) in [5.74, 6) is -0.252. The Balaban J connectivity index is 1.20. The standard InChI is InChI=1S/C41H45F3N6O4/c1-24(2)54-36-20-31(26-15-17-50(18-16-26)23-27-9-5-6-10-28(27)29-13-14-38(51)49-40(29)53)25(3)19-35(36)48-37-21-34(32(22-46-37)41(42,43)44)47-33-12-8-7-11-30(33)39(52)45-4/h5-12,19-22,24,26,29H,13-18,23H2,1-4H3,(H,45,52)(H2,46,47,48)(H,49,51,53). The third-order valence-electron chi connectivity index (χ3n) is 9.96. The third kappa shape index (κ3) is 8.84. The maximum Gasteiger partial charge on any atom is 0.419 e. The molecule has 0 saturated carbocycles. The van der Waals surface area contributed by atoms with E-state index in [0.717, 1.165) is 54.4 Å². The first kappa shape index (κ1) is 38.3. The van der Waals surface area contributed by atoms with Gasteiger partial charge < -0.3 is 20.7 Å². The molecule has 2 aliphatic rings. The number of carbonyl (C=O) groups is 3. The lowest BCUT2D eigenvalue weighted by molar-refractivity contribution is -0.137. The molecular weight excluding hydrogens is 697 g/mol. The summed E-state index contributed by atoms with van der Waals surface area (Å²) >= 11 is 0. The zero-order chi connectivity index (χ0) is 38.6. The normalized spacial score (nSPS) is 16.9. The summed E-state index contributed by atoms with van der Waals surface area (Å²) in [7, 11) is 1.45. The van der Waals surface area contributed by atoms with Crippen molar-refractivity contribution in [3.63, 3.8) is 0 Å². The van der Waals surface area contributed by atoms with E-state index in [4.69, 9.17) is 4.74 Å². The van der Waals surface area contributed by atoms with Gasteiger partial charge >= 0.3 is 6.18 Å². The fourth-order valence-electron chi connectivity index (χ4n) is 7.31. The summed E-state index contributed by atoms with van der Waals surface area (Å²) in [6, 6.07) is 19.6. The molecular formula is C41H45F3N6O4. The highest BCUT2D eigenvalue weighted by molar-refractivity contribution is 6.01. The molecule has 10 nitrogen and oxygen atoms in total. The second kappa shape index (κ2) is 16.3. The second-order valence-electron chi connectivity index (χ2n) is 14.1. The van der Waals surface area contributed by atoms with Crippen LogP contribution in [0.4, 0.5) is 36.1 Å². The number of rotatable bonds is 11. The fraction of sp³-hybridized carbons (Fsp3) is 0.366. The number of imide groups is 1. The van der Waals surface area contributed by atoms with Crippen molar-refractivity contribution in [3.05, 3.63) is 106 Å². The number of alkyl halides is 3. The highest BCUT2D eigenvalue weighted by Crippen LogP contribution is 2.41. The average Bonchev–Trinajstić information content (AvgIpc) is 3.13. The predicted molar refractivity (Wildman–Crippen MR) is 201 cm³/mol. The molecule has 6 rings (SSSR count). The number of hydrogen-bond donors (Lipinski definition) is 4. The van der Waals surface area contributed by atoms with Crippen LogP contribution in [0.15, 0.2) is 72.9 Å². The summed E-state index contributed by atoms with van der Waals surface area (Å²) in [5.41, 5.74) is 3.96. The Morgan fingerprint density at radius 2 is 1.67 bits per heavy atom. The van der Waals surface area contributed by atoms with Crippen molar-refractivity contribution in [1.82, 2.24) is 20.5 Å². The number of nitrogens with one attached hydrogen (secondary N) is 4. The van der Waals surface area contributed by atoms with Crippen LogP contribution in [0, 0.1) is 6.92 Å². The molecule has 2 saturated heterocycles. The SMILES string of the molecule is CNC(=O)c1ccccc1Nc1cc(Nc2cc(C)c(C3CCN(Cc4ccccc4C4CCC(=O)NC4=O)CC3)cc2OC(C)C)ncc1C(F)(F)F. The van der Waals surface area contributed by atoms with E-state index >= 15 is 0 Å². The third-order valence-corrected chi connectivity index (χ3v) is 9.96. The largest absolute Gasteiger partial charge is 0.489 e. The number of aromatic nitrogens is 1. The molecule has 3 amide bonds. The molecule has 4 aromatic rings. The van der Waals surface area contributed by atoms with Crippen LogP contribution in [0.3, 0.4) is 0 Å². The highest BCUT2D eigenvalue weighted by Gasteiger charge is 2.35. The van der Waals surface area contributed by atoms with Gasteiger partial charge in [0, 0.05) is 32.3 Å². The Kier molecular flexibility index (Phi) is 11.6. The molecule has 3 aromatic carbocycles. The lowest BCUT2D eigenvalue weighted by atomic mass is 9.85. The molecule has 0 aliphatic carbocycles. The van der Waals surface area contributed by atoms with Crippen molar-refractivity contribution in [2.24, 2.45) is 0 Å². The molecule has 3 heterocycles.